The number of hydrogen-bond donors (Lipinski definition) is 0. The number of nitrogens with zero attached hydrogens (tertiary/aromatic N) is 1. The lowest BCUT2D eigenvalue weighted by molar-refractivity contribution is 0.660. The molecule has 5 rings (SSSR count). The van der Waals surface area contributed by atoms with Crippen molar-refractivity contribution < 1.29 is 0 Å². The first-order valence-corrected chi connectivity index (χ1v) is 14.5. The molecular formula is C41H39N. The highest BCUT2D eigenvalue weighted by Gasteiger charge is 2.36. The van der Waals surface area contributed by atoms with Gasteiger partial charge in [-0.1, -0.05) is 113 Å². The summed E-state index contributed by atoms with van der Waals surface area (Å²) in [7, 11) is 0. The molecule has 4 aromatic rings. The number of hydrogen-bond acceptors (Lipinski definition) is 1. The molecule has 0 amide bonds. The van der Waals surface area contributed by atoms with Crippen molar-refractivity contribution in [3.05, 3.63) is 163 Å². The van der Waals surface area contributed by atoms with Crippen molar-refractivity contribution in [2.45, 2.75) is 33.1 Å². The van der Waals surface area contributed by atoms with Gasteiger partial charge in [-0.25, -0.2) is 0 Å². The second kappa shape index (κ2) is 11.5. The van der Waals surface area contributed by atoms with Crippen molar-refractivity contribution in [2.75, 3.05) is 4.90 Å². The summed E-state index contributed by atoms with van der Waals surface area (Å²) < 4.78 is 0. The molecule has 42 heavy (non-hydrogen) atoms. The van der Waals surface area contributed by atoms with Gasteiger partial charge in [0, 0.05) is 22.5 Å². The maximum Gasteiger partial charge on any atom is 0.0464 e. The molecule has 0 fully saturated rings. The number of fused-ring (bicyclic) bond motifs is 4. The molecule has 0 N–H and O–H groups in total. The SMILES string of the molecule is C=C/C=C(\C=C)N(C(=C)/C=C\C)c1ccc2c(c1)C(C)(C)c1cc(-c3cc4ccccc4c(/C=C\C)c3C=C)ccc1-2. The van der Waals surface area contributed by atoms with Gasteiger partial charge in [0.25, 0.3) is 0 Å². The second-order valence-electron chi connectivity index (χ2n) is 11.2. The van der Waals surface area contributed by atoms with Gasteiger partial charge in [0.1, 0.15) is 0 Å². The van der Waals surface area contributed by atoms with Crippen LogP contribution in [0.3, 0.4) is 0 Å². The summed E-state index contributed by atoms with van der Waals surface area (Å²) in [5.74, 6) is 0. The summed E-state index contributed by atoms with van der Waals surface area (Å²) in [6.07, 6.45) is 15.9. The van der Waals surface area contributed by atoms with Gasteiger partial charge in [0.2, 0.25) is 0 Å². The Hall–Kier alpha value is -4.88. The summed E-state index contributed by atoms with van der Waals surface area (Å²) >= 11 is 0. The van der Waals surface area contributed by atoms with E-state index in [9.17, 15) is 0 Å². The summed E-state index contributed by atoms with van der Waals surface area (Å²) in [4.78, 5) is 2.13. The van der Waals surface area contributed by atoms with Crippen molar-refractivity contribution in [3.8, 4) is 22.3 Å². The fourth-order valence-corrected chi connectivity index (χ4v) is 6.33. The van der Waals surface area contributed by atoms with E-state index in [1.165, 1.54) is 49.7 Å². The van der Waals surface area contributed by atoms with Crippen LogP contribution in [0.1, 0.15) is 49.9 Å². The van der Waals surface area contributed by atoms with Crippen molar-refractivity contribution in [2.24, 2.45) is 0 Å². The van der Waals surface area contributed by atoms with Crippen molar-refractivity contribution in [1.29, 1.82) is 0 Å². The zero-order valence-corrected chi connectivity index (χ0v) is 25.2. The Morgan fingerprint density at radius 3 is 2.17 bits per heavy atom. The van der Waals surface area contributed by atoms with E-state index in [2.05, 4.69) is 131 Å². The van der Waals surface area contributed by atoms with Gasteiger partial charge in [-0.2, -0.15) is 0 Å². The Balaban J connectivity index is 1.67. The monoisotopic (exact) mass is 545 g/mol. The Bertz CT molecular complexity index is 1840. The zero-order chi connectivity index (χ0) is 30.0. The van der Waals surface area contributed by atoms with Crippen LogP contribution in [0.2, 0.25) is 0 Å². The molecule has 0 aliphatic heterocycles. The van der Waals surface area contributed by atoms with Crippen molar-refractivity contribution in [1.82, 2.24) is 0 Å². The fourth-order valence-electron chi connectivity index (χ4n) is 6.33. The first kappa shape index (κ1) is 28.6. The number of benzene rings is 4. The van der Waals surface area contributed by atoms with Crippen LogP contribution >= 0.6 is 0 Å². The smallest absolute Gasteiger partial charge is 0.0464 e. The highest BCUT2D eigenvalue weighted by Crippen LogP contribution is 2.51. The van der Waals surface area contributed by atoms with Crippen LogP contribution in [0.5, 0.6) is 0 Å². The quantitative estimate of drug-likeness (QED) is 0.189. The van der Waals surface area contributed by atoms with E-state index in [0.717, 1.165) is 22.6 Å². The molecule has 4 aromatic carbocycles. The maximum absolute atomic E-state index is 4.35. The van der Waals surface area contributed by atoms with Gasteiger partial charge in [0.15, 0.2) is 0 Å². The molecule has 0 aromatic heterocycles. The van der Waals surface area contributed by atoms with Crippen LogP contribution < -0.4 is 4.90 Å². The van der Waals surface area contributed by atoms with Gasteiger partial charge in [-0.15, -0.1) is 0 Å². The van der Waals surface area contributed by atoms with E-state index in [1.807, 2.05) is 37.3 Å². The molecule has 0 saturated heterocycles. The normalized spacial score (nSPS) is 13.8. The van der Waals surface area contributed by atoms with Crippen LogP contribution in [0.25, 0.3) is 45.2 Å². The summed E-state index contributed by atoms with van der Waals surface area (Å²) in [5, 5.41) is 2.47. The van der Waals surface area contributed by atoms with Crippen LogP contribution in [0.4, 0.5) is 5.69 Å². The van der Waals surface area contributed by atoms with Gasteiger partial charge in [0.05, 0.1) is 0 Å². The molecule has 0 bridgehead atoms. The minimum atomic E-state index is -0.196. The lowest BCUT2D eigenvalue weighted by Crippen LogP contribution is -2.21. The molecule has 1 aliphatic carbocycles. The molecule has 1 nitrogen and oxygen atoms in total. The lowest BCUT2D eigenvalue weighted by atomic mass is 9.80. The van der Waals surface area contributed by atoms with Gasteiger partial charge in [-0.3, -0.25) is 0 Å². The molecule has 0 heterocycles. The third-order valence-corrected chi connectivity index (χ3v) is 8.30. The minimum Gasteiger partial charge on any atom is -0.311 e. The highest BCUT2D eigenvalue weighted by molar-refractivity contribution is 6.00. The first-order valence-electron chi connectivity index (χ1n) is 14.5. The predicted molar refractivity (Wildman–Crippen MR) is 187 cm³/mol. The van der Waals surface area contributed by atoms with E-state index in [-0.39, 0.29) is 5.41 Å². The Morgan fingerprint density at radius 2 is 1.50 bits per heavy atom. The maximum atomic E-state index is 4.35. The Kier molecular flexibility index (Phi) is 7.87. The minimum absolute atomic E-state index is 0.196. The Labute approximate surface area is 251 Å². The summed E-state index contributed by atoms with van der Waals surface area (Å²) in [6.45, 7) is 25.3. The second-order valence-corrected chi connectivity index (χ2v) is 11.2. The fraction of sp³-hybridized carbons (Fsp3) is 0.122. The summed E-state index contributed by atoms with van der Waals surface area (Å²) in [6, 6.07) is 24.6. The van der Waals surface area contributed by atoms with Gasteiger partial charge >= 0.3 is 0 Å². The van der Waals surface area contributed by atoms with E-state index in [1.54, 1.807) is 6.08 Å². The Morgan fingerprint density at radius 1 is 0.786 bits per heavy atom. The van der Waals surface area contributed by atoms with Crippen LogP contribution in [0.15, 0.2) is 141 Å². The molecule has 0 radical (unpaired) electrons. The standard InChI is InChI=1S/C41H39N/c1-9-16-28(6)42(31(12-4)17-10-2)32-22-24-37-36-23-21-30(26-39(36)41(7,8)40(37)27-32)38-25-29-19-14-15-20-34(29)35(18-11-3)33(38)13-5/h9-27H,2,4-6H2,1,3,7-8H3/b16-9-,18-11-,31-17+. The molecule has 1 aliphatic rings. The number of rotatable bonds is 9. The van der Waals surface area contributed by atoms with Crippen LogP contribution in [0, 0.1) is 0 Å². The molecule has 0 atom stereocenters. The number of allylic oxidation sites excluding steroid dienone is 6. The number of anilines is 1. The highest BCUT2D eigenvalue weighted by atomic mass is 15.1. The molecule has 0 spiro atoms. The summed E-state index contributed by atoms with van der Waals surface area (Å²) in [5.41, 5.74) is 12.6. The molecular weight excluding hydrogens is 506 g/mol. The van der Waals surface area contributed by atoms with Crippen LogP contribution in [-0.2, 0) is 5.41 Å². The molecule has 0 unspecified atom stereocenters. The van der Waals surface area contributed by atoms with E-state index in [4.69, 9.17) is 0 Å². The van der Waals surface area contributed by atoms with Crippen molar-refractivity contribution in [3.63, 3.8) is 0 Å². The van der Waals surface area contributed by atoms with E-state index >= 15 is 0 Å². The van der Waals surface area contributed by atoms with E-state index < -0.39 is 0 Å². The van der Waals surface area contributed by atoms with Crippen LogP contribution in [-0.4, -0.2) is 0 Å². The predicted octanol–water partition coefficient (Wildman–Crippen LogP) is 11.6. The molecule has 208 valence electrons. The average molecular weight is 546 g/mol. The molecule has 1 heteroatoms. The molecule has 0 saturated carbocycles. The van der Waals surface area contributed by atoms with Crippen molar-refractivity contribution >= 4 is 28.6 Å². The van der Waals surface area contributed by atoms with E-state index in [0.29, 0.717) is 0 Å². The first-order chi connectivity index (χ1) is 20.3. The third kappa shape index (κ3) is 4.72. The van der Waals surface area contributed by atoms with Gasteiger partial charge in [-0.05, 0) is 112 Å². The topological polar surface area (TPSA) is 3.24 Å². The lowest BCUT2D eigenvalue weighted by Gasteiger charge is -2.29. The zero-order valence-electron chi connectivity index (χ0n) is 25.2. The average Bonchev–Trinajstić information content (AvgIpc) is 3.22. The largest absolute Gasteiger partial charge is 0.311 e. The van der Waals surface area contributed by atoms with Gasteiger partial charge < -0.3 is 4.90 Å². The third-order valence-electron chi connectivity index (χ3n) is 8.30.